The second-order valence-electron chi connectivity index (χ2n) is 9.22. The van der Waals surface area contributed by atoms with Gasteiger partial charge in [-0.25, -0.2) is 9.97 Å². The molecule has 1 aliphatic rings. The molecular formula is C29H37F3N6O2S. The minimum absolute atomic E-state index is 0.157. The highest BCUT2D eigenvalue weighted by Crippen LogP contribution is 2.35. The van der Waals surface area contributed by atoms with E-state index in [2.05, 4.69) is 32.3 Å². The number of aliphatic hydroxyl groups is 1. The second-order valence-corrected chi connectivity index (χ2v) is 10.3. The summed E-state index contributed by atoms with van der Waals surface area (Å²) in [6, 6.07) is 5.63. The number of anilines is 2. The quantitative estimate of drug-likeness (QED) is 0.218. The molecule has 0 spiro atoms. The number of hydrogen-bond acceptors (Lipinski definition) is 9. The van der Waals surface area contributed by atoms with Crippen molar-refractivity contribution in [1.29, 1.82) is 0 Å². The summed E-state index contributed by atoms with van der Waals surface area (Å²) < 4.78 is 41.2. The molecule has 1 aromatic carbocycles. The van der Waals surface area contributed by atoms with E-state index in [1.54, 1.807) is 42.8 Å². The van der Waals surface area contributed by atoms with Gasteiger partial charge in [-0.3, -0.25) is 4.99 Å². The van der Waals surface area contributed by atoms with E-state index in [-0.39, 0.29) is 11.7 Å². The SMILES string of the molecule is CC.CCC(CCNc1nc(NCc2ccc(OC(F)(F)F)cc2)nc(C)c1-c1nc2c(s1)CC=CN=C2)C(C)O. The molecule has 12 heteroatoms. The second kappa shape index (κ2) is 14.9. The van der Waals surface area contributed by atoms with Crippen LogP contribution in [0.2, 0.25) is 0 Å². The van der Waals surface area contributed by atoms with E-state index in [9.17, 15) is 18.3 Å². The molecule has 0 fully saturated rings. The lowest BCUT2D eigenvalue weighted by Gasteiger charge is -2.19. The molecule has 41 heavy (non-hydrogen) atoms. The maximum absolute atomic E-state index is 12.4. The summed E-state index contributed by atoms with van der Waals surface area (Å²) in [5.74, 6) is 0.874. The van der Waals surface area contributed by atoms with Crippen molar-refractivity contribution >= 4 is 29.3 Å². The van der Waals surface area contributed by atoms with Crippen LogP contribution in [-0.4, -0.2) is 45.3 Å². The molecule has 3 N–H and O–H groups in total. The van der Waals surface area contributed by atoms with Crippen LogP contribution in [0.1, 0.15) is 62.4 Å². The predicted octanol–water partition coefficient (Wildman–Crippen LogP) is 7.14. The standard InChI is InChI=1S/C27H31F3N6O2S.C2H6/c1-4-19(17(3)37)11-13-32-24-23(25-35-21-15-31-12-5-6-22(21)39-25)16(2)34-26(36-24)33-14-18-7-9-20(10-8-18)38-27(28,29)30;1-2/h5,7-10,12,15,17,19,37H,4,6,11,13-14H2,1-3H3,(H2,32,33,34,36);1-2H3. The average Bonchev–Trinajstić information content (AvgIpc) is 3.19. The van der Waals surface area contributed by atoms with Gasteiger partial charge < -0.3 is 20.5 Å². The first-order valence-corrected chi connectivity index (χ1v) is 14.5. The van der Waals surface area contributed by atoms with Crippen LogP contribution >= 0.6 is 11.3 Å². The lowest BCUT2D eigenvalue weighted by atomic mass is 9.97. The van der Waals surface area contributed by atoms with Crippen molar-refractivity contribution < 1.29 is 23.0 Å². The number of aryl methyl sites for hydroxylation is 1. The van der Waals surface area contributed by atoms with Gasteiger partial charge >= 0.3 is 6.36 Å². The molecule has 0 amide bonds. The molecule has 8 nitrogen and oxygen atoms in total. The molecule has 0 aliphatic carbocycles. The van der Waals surface area contributed by atoms with E-state index in [0.29, 0.717) is 24.9 Å². The van der Waals surface area contributed by atoms with Crippen LogP contribution in [0.15, 0.2) is 41.5 Å². The number of halogens is 3. The van der Waals surface area contributed by atoms with Crippen LogP contribution in [0.3, 0.4) is 0 Å². The maximum atomic E-state index is 12.4. The van der Waals surface area contributed by atoms with Gasteiger partial charge in [0.05, 0.1) is 29.3 Å². The number of aromatic nitrogens is 3. The van der Waals surface area contributed by atoms with Gasteiger partial charge in [-0.05, 0) is 43.9 Å². The fourth-order valence-electron chi connectivity index (χ4n) is 4.24. The Morgan fingerprint density at radius 2 is 1.83 bits per heavy atom. The van der Waals surface area contributed by atoms with Gasteiger partial charge in [0.25, 0.3) is 0 Å². The molecular weight excluding hydrogens is 553 g/mol. The third-order valence-electron chi connectivity index (χ3n) is 6.34. The van der Waals surface area contributed by atoms with Crippen molar-refractivity contribution in [3.8, 4) is 16.3 Å². The number of aliphatic hydroxyl groups excluding tert-OH is 1. The Hall–Kier alpha value is -3.51. The van der Waals surface area contributed by atoms with Gasteiger partial charge in [0.2, 0.25) is 5.95 Å². The Labute approximate surface area is 242 Å². The van der Waals surface area contributed by atoms with E-state index in [4.69, 9.17) is 9.97 Å². The minimum atomic E-state index is -4.73. The zero-order valence-electron chi connectivity index (χ0n) is 23.9. The Morgan fingerprint density at radius 3 is 2.49 bits per heavy atom. The number of hydrogen-bond donors (Lipinski definition) is 3. The van der Waals surface area contributed by atoms with Crippen molar-refractivity contribution in [1.82, 2.24) is 15.0 Å². The first-order chi connectivity index (χ1) is 19.6. The summed E-state index contributed by atoms with van der Waals surface area (Å²) in [5, 5.41) is 17.4. The number of ether oxygens (including phenoxy) is 1. The van der Waals surface area contributed by atoms with Gasteiger partial charge in [0.15, 0.2) is 0 Å². The fraction of sp³-hybridized carbons (Fsp3) is 0.448. The van der Waals surface area contributed by atoms with Crippen LogP contribution in [0.25, 0.3) is 10.6 Å². The lowest BCUT2D eigenvalue weighted by Crippen LogP contribution is -2.20. The average molecular weight is 591 g/mol. The van der Waals surface area contributed by atoms with Crippen molar-refractivity contribution in [2.75, 3.05) is 17.2 Å². The summed E-state index contributed by atoms with van der Waals surface area (Å²) in [5.41, 5.74) is 3.09. The molecule has 0 bridgehead atoms. The van der Waals surface area contributed by atoms with E-state index in [0.717, 1.165) is 51.7 Å². The molecule has 2 unspecified atom stereocenters. The van der Waals surface area contributed by atoms with E-state index in [1.165, 1.54) is 12.1 Å². The summed E-state index contributed by atoms with van der Waals surface area (Å²) >= 11 is 1.57. The highest BCUT2D eigenvalue weighted by molar-refractivity contribution is 7.15. The number of allylic oxidation sites excluding steroid dienone is 1. The smallest absolute Gasteiger partial charge is 0.406 e. The highest BCUT2D eigenvalue weighted by atomic mass is 32.1. The molecule has 2 atom stereocenters. The summed E-state index contributed by atoms with van der Waals surface area (Å²) in [4.78, 5) is 19.5. The van der Waals surface area contributed by atoms with Crippen molar-refractivity contribution in [3.05, 3.63) is 58.4 Å². The van der Waals surface area contributed by atoms with E-state index in [1.807, 2.05) is 26.8 Å². The van der Waals surface area contributed by atoms with Crippen LogP contribution in [0.5, 0.6) is 5.75 Å². The lowest BCUT2D eigenvalue weighted by molar-refractivity contribution is -0.274. The summed E-state index contributed by atoms with van der Waals surface area (Å²) in [7, 11) is 0. The van der Waals surface area contributed by atoms with E-state index >= 15 is 0 Å². The fourth-order valence-corrected chi connectivity index (χ4v) is 5.35. The summed E-state index contributed by atoms with van der Waals surface area (Å²) in [6.07, 6.45) is 2.73. The zero-order chi connectivity index (χ0) is 30.0. The Bertz CT molecular complexity index is 1320. The summed E-state index contributed by atoms with van der Waals surface area (Å²) in [6.45, 7) is 10.7. The topological polar surface area (TPSA) is 105 Å². The first kappa shape index (κ1) is 32.0. The third-order valence-corrected chi connectivity index (χ3v) is 7.46. The van der Waals surface area contributed by atoms with Gasteiger partial charge in [-0.15, -0.1) is 24.5 Å². The number of benzene rings is 1. The van der Waals surface area contributed by atoms with Gasteiger partial charge in [0, 0.05) is 30.6 Å². The van der Waals surface area contributed by atoms with E-state index < -0.39 is 12.5 Å². The highest BCUT2D eigenvalue weighted by Gasteiger charge is 2.31. The first-order valence-electron chi connectivity index (χ1n) is 13.7. The van der Waals surface area contributed by atoms with Crippen LogP contribution in [-0.2, 0) is 13.0 Å². The Morgan fingerprint density at radius 1 is 1.10 bits per heavy atom. The van der Waals surface area contributed by atoms with Gasteiger partial charge in [0.1, 0.15) is 16.6 Å². The number of rotatable bonds is 11. The molecule has 0 radical (unpaired) electrons. The Kier molecular flexibility index (Phi) is 11.7. The van der Waals surface area contributed by atoms with Gasteiger partial charge in [-0.2, -0.15) is 4.98 Å². The third kappa shape index (κ3) is 9.25. The monoisotopic (exact) mass is 590 g/mol. The molecule has 0 saturated heterocycles. The maximum Gasteiger partial charge on any atom is 0.573 e. The molecule has 3 heterocycles. The van der Waals surface area contributed by atoms with Crippen LogP contribution in [0, 0.1) is 12.8 Å². The Balaban J connectivity index is 0.00000226. The molecule has 4 rings (SSSR count). The molecule has 0 saturated carbocycles. The van der Waals surface area contributed by atoms with Gasteiger partial charge in [-0.1, -0.05) is 45.4 Å². The molecule has 1 aliphatic heterocycles. The number of aliphatic imine (C=N–C) groups is 1. The van der Waals surface area contributed by atoms with Crippen LogP contribution < -0.4 is 15.4 Å². The number of thiazole rings is 1. The minimum Gasteiger partial charge on any atom is -0.406 e. The normalized spacial score (nSPS) is 13.9. The number of fused-ring (bicyclic) bond motifs is 1. The molecule has 2 aromatic heterocycles. The zero-order valence-corrected chi connectivity index (χ0v) is 24.7. The largest absolute Gasteiger partial charge is 0.573 e. The van der Waals surface area contributed by atoms with Crippen LogP contribution in [0.4, 0.5) is 24.9 Å². The molecule has 222 valence electrons. The number of nitrogens with zero attached hydrogens (tertiary/aromatic N) is 4. The van der Waals surface area contributed by atoms with Crippen molar-refractivity contribution in [2.45, 2.75) is 72.9 Å². The predicted molar refractivity (Wildman–Crippen MR) is 159 cm³/mol. The number of nitrogens with one attached hydrogen (secondary N) is 2. The number of alkyl halides is 3. The van der Waals surface area contributed by atoms with Crippen molar-refractivity contribution in [2.24, 2.45) is 10.9 Å². The van der Waals surface area contributed by atoms with Crippen molar-refractivity contribution in [3.63, 3.8) is 0 Å². The molecule has 3 aromatic rings.